The van der Waals surface area contributed by atoms with E-state index < -0.39 is 40.7 Å². The first-order valence-corrected chi connectivity index (χ1v) is 16.6. The molecule has 7 nitrogen and oxygen atoms in total. The maximum Gasteiger partial charge on any atom is 0.309 e. The molecule has 0 aliphatic heterocycles. The van der Waals surface area contributed by atoms with Crippen molar-refractivity contribution < 1.29 is 35.1 Å². The van der Waals surface area contributed by atoms with Gasteiger partial charge < -0.3 is 30.3 Å². The minimum Gasteiger partial charge on any atom is -0.459 e. The SMILES string of the molecule is CCC(C)C(=O)OC1C(O)[C@]2(CO)C(O)C[C@]3(C)C(=CC[C@@H]4[C@@]5(C)CCC(O)[C@@](C)(CO)[C@@H]5CC[C@]43C)[C@@H]2CC1(C)C. The van der Waals surface area contributed by atoms with Crippen molar-refractivity contribution in [2.45, 2.75) is 131 Å². The van der Waals surface area contributed by atoms with Crippen LogP contribution in [0.25, 0.3) is 0 Å². The van der Waals surface area contributed by atoms with Crippen LogP contribution in [-0.4, -0.2) is 69.1 Å². The molecular formula is C35H58O7. The van der Waals surface area contributed by atoms with Crippen LogP contribution in [0, 0.1) is 56.2 Å². The zero-order valence-electron chi connectivity index (χ0n) is 27.3. The van der Waals surface area contributed by atoms with E-state index in [0.29, 0.717) is 31.6 Å². The van der Waals surface area contributed by atoms with E-state index in [1.807, 2.05) is 27.7 Å². The van der Waals surface area contributed by atoms with Crippen LogP contribution in [0.1, 0.15) is 107 Å². The van der Waals surface area contributed by atoms with Crippen LogP contribution in [0.15, 0.2) is 11.6 Å². The molecule has 13 atom stereocenters. The summed E-state index contributed by atoms with van der Waals surface area (Å²) in [5.74, 6) is -0.370. The van der Waals surface area contributed by atoms with Gasteiger partial charge in [0.05, 0.1) is 36.8 Å². The number of ether oxygens (including phenoxy) is 1. The van der Waals surface area contributed by atoms with Gasteiger partial charge >= 0.3 is 5.97 Å². The molecule has 5 rings (SSSR count). The molecule has 5 unspecified atom stereocenters. The molecule has 5 N–H and O–H groups in total. The quantitative estimate of drug-likeness (QED) is 0.234. The minimum absolute atomic E-state index is 0.0221. The lowest BCUT2D eigenvalue weighted by atomic mass is 9.33. The van der Waals surface area contributed by atoms with Crippen LogP contribution in [0.3, 0.4) is 0 Å². The summed E-state index contributed by atoms with van der Waals surface area (Å²) in [6.07, 6.45) is 4.82. The monoisotopic (exact) mass is 590 g/mol. The van der Waals surface area contributed by atoms with Crippen molar-refractivity contribution >= 4 is 5.97 Å². The van der Waals surface area contributed by atoms with Gasteiger partial charge in [0.1, 0.15) is 12.2 Å². The van der Waals surface area contributed by atoms with Crippen molar-refractivity contribution in [1.29, 1.82) is 0 Å². The fraction of sp³-hybridized carbons (Fsp3) is 0.914. The van der Waals surface area contributed by atoms with Crippen molar-refractivity contribution in [3.8, 4) is 0 Å². The van der Waals surface area contributed by atoms with Gasteiger partial charge in [-0.15, -0.1) is 0 Å². The molecule has 0 amide bonds. The van der Waals surface area contributed by atoms with Gasteiger partial charge in [0.25, 0.3) is 0 Å². The third kappa shape index (κ3) is 3.98. The van der Waals surface area contributed by atoms with Crippen molar-refractivity contribution in [3.05, 3.63) is 11.6 Å². The van der Waals surface area contributed by atoms with Gasteiger partial charge in [0.15, 0.2) is 0 Å². The van der Waals surface area contributed by atoms with Gasteiger partial charge in [-0.25, -0.2) is 0 Å². The number of aliphatic hydroxyl groups excluding tert-OH is 5. The number of carbonyl (C=O) groups excluding carboxylic acids is 1. The van der Waals surface area contributed by atoms with E-state index in [1.165, 1.54) is 5.57 Å². The Morgan fingerprint density at radius 1 is 0.952 bits per heavy atom. The molecule has 240 valence electrons. The van der Waals surface area contributed by atoms with Crippen LogP contribution in [0.2, 0.25) is 0 Å². The van der Waals surface area contributed by atoms with E-state index in [9.17, 15) is 30.3 Å². The van der Waals surface area contributed by atoms with E-state index in [4.69, 9.17) is 4.74 Å². The van der Waals surface area contributed by atoms with Crippen molar-refractivity contribution in [3.63, 3.8) is 0 Å². The first-order valence-electron chi connectivity index (χ1n) is 16.6. The van der Waals surface area contributed by atoms with Gasteiger partial charge in [-0.1, -0.05) is 67.0 Å². The molecule has 0 aromatic rings. The predicted octanol–water partition coefficient (Wildman–Crippen LogP) is 4.62. The Morgan fingerprint density at radius 2 is 1.62 bits per heavy atom. The number of hydrogen-bond acceptors (Lipinski definition) is 7. The van der Waals surface area contributed by atoms with Crippen LogP contribution < -0.4 is 0 Å². The zero-order chi connectivity index (χ0) is 31.3. The van der Waals surface area contributed by atoms with E-state index in [2.05, 4.69) is 33.8 Å². The molecule has 0 radical (unpaired) electrons. The van der Waals surface area contributed by atoms with Crippen molar-refractivity contribution in [2.24, 2.45) is 56.2 Å². The van der Waals surface area contributed by atoms with Crippen molar-refractivity contribution in [2.75, 3.05) is 13.2 Å². The average molecular weight is 591 g/mol. The summed E-state index contributed by atoms with van der Waals surface area (Å²) in [5.41, 5.74) is -1.62. The fourth-order valence-electron chi connectivity index (χ4n) is 11.5. The zero-order valence-corrected chi connectivity index (χ0v) is 27.3. The maximum atomic E-state index is 12.9. The lowest BCUT2D eigenvalue weighted by Gasteiger charge is -2.72. The summed E-state index contributed by atoms with van der Waals surface area (Å²) < 4.78 is 6.00. The highest BCUT2D eigenvalue weighted by atomic mass is 16.6. The lowest BCUT2D eigenvalue weighted by molar-refractivity contribution is -0.263. The molecule has 0 bridgehead atoms. The Hall–Kier alpha value is -0.990. The number of rotatable bonds is 5. The summed E-state index contributed by atoms with van der Waals surface area (Å²) in [5, 5.41) is 56.7. The molecule has 0 heterocycles. The van der Waals surface area contributed by atoms with Crippen LogP contribution in [-0.2, 0) is 9.53 Å². The molecule has 5 aliphatic rings. The van der Waals surface area contributed by atoms with Gasteiger partial charge in [0.2, 0.25) is 0 Å². The minimum atomic E-state index is -1.21. The van der Waals surface area contributed by atoms with E-state index in [-0.39, 0.29) is 53.2 Å². The third-order valence-electron chi connectivity index (χ3n) is 14.8. The Morgan fingerprint density at radius 3 is 2.21 bits per heavy atom. The summed E-state index contributed by atoms with van der Waals surface area (Å²) in [7, 11) is 0. The Labute approximate surface area is 253 Å². The van der Waals surface area contributed by atoms with E-state index in [0.717, 1.165) is 25.7 Å². The predicted molar refractivity (Wildman–Crippen MR) is 161 cm³/mol. The molecule has 4 fully saturated rings. The summed E-state index contributed by atoms with van der Waals surface area (Å²) >= 11 is 0. The maximum absolute atomic E-state index is 12.9. The van der Waals surface area contributed by atoms with Crippen LogP contribution >= 0.6 is 0 Å². The molecule has 42 heavy (non-hydrogen) atoms. The van der Waals surface area contributed by atoms with Crippen LogP contribution in [0.5, 0.6) is 0 Å². The number of esters is 1. The lowest BCUT2D eigenvalue weighted by Crippen LogP contribution is -2.72. The molecule has 0 aromatic carbocycles. The molecule has 4 saturated carbocycles. The third-order valence-corrected chi connectivity index (χ3v) is 14.8. The second-order valence-electron chi connectivity index (χ2n) is 16.9. The Kier molecular flexibility index (Phi) is 7.92. The summed E-state index contributed by atoms with van der Waals surface area (Å²) in [4.78, 5) is 12.9. The van der Waals surface area contributed by atoms with E-state index >= 15 is 0 Å². The van der Waals surface area contributed by atoms with Crippen molar-refractivity contribution in [1.82, 2.24) is 0 Å². The van der Waals surface area contributed by atoms with Gasteiger partial charge in [-0.2, -0.15) is 0 Å². The summed E-state index contributed by atoms with van der Waals surface area (Å²) in [6.45, 7) is 16.6. The first kappa shape index (κ1) is 32.4. The number of aliphatic hydroxyl groups is 5. The molecule has 7 heteroatoms. The standard InChI is InChI=1S/C35H58O7/c1-9-20(2)29(41)42-28-27(40)35(19-37)22(16-30(28,3)4)21-10-11-24-31(5)14-13-25(38)32(6,18-36)23(31)12-15-33(24,7)34(21,8)17-26(35)39/h10,20,22-28,36-40H,9,11-19H2,1-8H3/t20?,22-,23+,24+,25?,26?,27?,28?,31-,32-,33+,34+,35-/m0/s1. The highest BCUT2D eigenvalue weighted by Crippen LogP contribution is 2.75. The molecule has 0 saturated heterocycles. The Balaban J connectivity index is 1.57. The fourth-order valence-corrected chi connectivity index (χ4v) is 11.5. The Bertz CT molecular complexity index is 1100. The highest BCUT2D eigenvalue weighted by Gasteiger charge is 2.72. The number of carbonyl (C=O) groups is 1. The molecular weight excluding hydrogens is 532 g/mol. The highest BCUT2D eigenvalue weighted by molar-refractivity contribution is 5.72. The number of hydrogen-bond donors (Lipinski definition) is 5. The molecule has 0 spiro atoms. The van der Waals surface area contributed by atoms with Crippen LogP contribution in [0.4, 0.5) is 0 Å². The number of fused-ring (bicyclic) bond motifs is 7. The second kappa shape index (κ2) is 10.3. The van der Waals surface area contributed by atoms with E-state index in [1.54, 1.807) is 0 Å². The molecule has 5 aliphatic carbocycles. The summed E-state index contributed by atoms with van der Waals surface area (Å²) in [6, 6.07) is 0. The van der Waals surface area contributed by atoms with Gasteiger partial charge in [0, 0.05) is 10.8 Å². The molecule has 0 aromatic heterocycles. The van der Waals surface area contributed by atoms with Gasteiger partial charge in [-0.3, -0.25) is 4.79 Å². The first-order chi connectivity index (χ1) is 19.4. The second-order valence-corrected chi connectivity index (χ2v) is 16.9. The average Bonchev–Trinajstić information content (AvgIpc) is 2.93. The number of allylic oxidation sites excluding steroid dienone is 2. The normalized spacial score (nSPS) is 52.1. The van der Waals surface area contributed by atoms with Gasteiger partial charge in [-0.05, 0) is 85.4 Å². The smallest absolute Gasteiger partial charge is 0.309 e. The topological polar surface area (TPSA) is 127 Å². The largest absolute Gasteiger partial charge is 0.459 e.